The molecular formula is C14H13NO3. The van der Waals surface area contributed by atoms with Crippen molar-refractivity contribution in [2.24, 2.45) is 0 Å². The molecule has 4 heteroatoms. The molecule has 2 aromatic carbocycles. The number of hydrogen-bond donors (Lipinski definition) is 2. The van der Waals surface area contributed by atoms with E-state index in [4.69, 9.17) is 5.21 Å². The van der Waals surface area contributed by atoms with E-state index in [2.05, 4.69) is 0 Å². The molecule has 0 bridgehead atoms. The lowest BCUT2D eigenvalue weighted by atomic mass is 9.95. The summed E-state index contributed by atoms with van der Waals surface area (Å²) in [7, 11) is 0. The topological polar surface area (TPSA) is 66.4 Å². The van der Waals surface area contributed by atoms with Crippen molar-refractivity contribution in [2.45, 2.75) is 13.3 Å². The summed E-state index contributed by atoms with van der Waals surface area (Å²) in [5.74, 6) is -0.625. The fourth-order valence-corrected chi connectivity index (χ4v) is 2.06. The first-order chi connectivity index (χ1) is 8.63. The highest BCUT2D eigenvalue weighted by atomic mass is 16.5. The van der Waals surface area contributed by atoms with E-state index in [1.165, 1.54) is 6.92 Å². The zero-order valence-corrected chi connectivity index (χ0v) is 9.93. The van der Waals surface area contributed by atoms with Crippen LogP contribution in [0.5, 0.6) is 0 Å². The summed E-state index contributed by atoms with van der Waals surface area (Å²) in [5, 5.41) is 10.4. The Morgan fingerprint density at radius 3 is 2.56 bits per heavy atom. The van der Waals surface area contributed by atoms with Crippen LogP contribution in [0.1, 0.15) is 22.8 Å². The van der Waals surface area contributed by atoms with Crippen LogP contribution < -0.4 is 5.48 Å². The number of fused-ring (bicyclic) bond motifs is 1. The lowest BCUT2D eigenvalue weighted by Crippen LogP contribution is -2.21. The molecule has 0 aliphatic rings. The number of carbonyl (C=O) groups excluding carboxylic acids is 2. The van der Waals surface area contributed by atoms with Crippen LogP contribution >= 0.6 is 0 Å². The first-order valence-electron chi connectivity index (χ1n) is 5.58. The Balaban J connectivity index is 2.70. The molecule has 2 N–H and O–H groups in total. The summed E-state index contributed by atoms with van der Waals surface area (Å²) in [4.78, 5) is 23.0. The minimum atomic E-state index is -0.594. The number of ketones is 1. The Hall–Kier alpha value is -2.20. The molecule has 0 saturated carbocycles. The first-order valence-corrected chi connectivity index (χ1v) is 5.58. The fraction of sp³-hybridized carbons (Fsp3) is 0.143. The van der Waals surface area contributed by atoms with Gasteiger partial charge in [-0.25, -0.2) is 5.48 Å². The van der Waals surface area contributed by atoms with Crippen LogP contribution in [-0.2, 0) is 11.2 Å². The van der Waals surface area contributed by atoms with Crippen LogP contribution in [0, 0.1) is 0 Å². The molecule has 18 heavy (non-hydrogen) atoms. The second-order valence-corrected chi connectivity index (χ2v) is 4.14. The van der Waals surface area contributed by atoms with Gasteiger partial charge in [0, 0.05) is 6.42 Å². The van der Waals surface area contributed by atoms with Crippen LogP contribution in [0.2, 0.25) is 0 Å². The molecular weight excluding hydrogens is 230 g/mol. The molecule has 1 amide bonds. The molecule has 0 fully saturated rings. The molecule has 0 atom stereocenters. The van der Waals surface area contributed by atoms with Gasteiger partial charge in [0.2, 0.25) is 0 Å². The van der Waals surface area contributed by atoms with Crippen molar-refractivity contribution in [3.63, 3.8) is 0 Å². The van der Waals surface area contributed by atoms with Gasteiger partial charge in [-0.2, -0.15) is 0 Å². The maximum absolute atomic E-state index is 11.8. The van der Waals surface area contributed by atoms with Gasteiger partial charge in [-0.05, 0) is 23.3 Å². The first kappa shape index (κ1) is 12.3. The molecule has 0 spiro atoms. The summed E-state index contributed by atoms with van der Waals surface area (Å²) >= 11 is 0. The number of hydroxylamine groups is 1. The summed E-state index contributed by atoms with van der Waals surface area (Å²) in [6.45, 7) is 1.47. The average Bonchev–Trinajstić information content (AvgIpc) is 2.37. The van der Waals surface area contributed by atoms with Crippen LogP contribution in [0.3, 0.4) is 0 Å². The molecule has 0 heterocycles. The zero-order valence-electron chi connectivity index (χ0n) is 9.93. The molecule has 2 aromatic rings. The van der Waals surface area contributed by atoms with E-state index in [1.807, 2.05) is 24.3 Å². The van der Waals surface area contributed by atoms with Crippen molar-refractivity contribution in [1.82, 2.24) is 5.48 Å². The fourth-order valence-electron chi connectivity index (χ4n) is 2.06. The van der Waals surface area contributed by atoms with Crippen molar-refractivity contribution in [3.8, 4) is 0 Å². The predicted octanol–water partition coefficient (Wildman–Crippen LogP) is 2.09. The second kappa shape index (κ2) is 4.98. The van der Waals surface area contributed by atoms with E-state index in [0.29, 0.717) is 11.1 Å². The number of benzene rings is 2. The molecule has 0 unspecified atom stereocenters. The standard InChI is InChI=1S/C14H13NO3/c1-9(16)8-11-7-6-10-4-2-3-5-12(10)13(11)14(17)15-18/h2-7,18H,8H2,1H3,(H,15,17). The molecule has 2 rings (SSSR count). The molecule has 0 radical (unpaired) electrons. The lowest BCUT2D eigenvalue weighted by molar-refractivity contribution is -0.116. The number of amides is 1. The summed E-state index contributed by atoms with van der Waals surface area (Å²) in [5.41, 5.74) is 2.61. The SMILES string of the molecule is CC(=O)Cc1ccc2ccccc2c1C(=O)NO. The normalized spacial score (nSPS) is 10.3. The van der Waals surface area contributed by atoms with Crippen LogP contribution in [0.4, 0.5) is 0 Å². The Labute approximate surface area is 104 Å². The van der Waals surface area contributed by atoms with E-state index in [-0.39, 0.29) is 12.2 Å². The minimum Gasteiger partial charge on any atom is -0.300 e. The minimum absolute atomic E-state index is 0.0303. The van der Waals surface area contributed by atoms with Crippen molar-refractivity contribution >= 4 is 22.5 Å². The van der Waals surface area contributed by atoms with Crippen LogP contribution in [-0.4, -0.2) is 16.9 Å². The molecule has 0 aliphatic heterocycles. The summed E-state index contributed by atoms with van der Waals surface area (Å²) in [6, 6.07) is 11.0. The third-order valence-electron chi connectivity index (χ3n) is 2.78. The van der Waals surface area contributed by atoms with Gasteiger partial charge in [0.1, 0.15) is 5.78 Å². The highest BCUT2D eigenvalue weighted by molar-refractivity contribution is 6.08. The number of nitrogens with one attached hydrogen (secondary N) is 1. The van der Waals surface area contributed by atoms with Crippen molar-refractivity contribution in [1.29, 1.82) is 0 Å². The van der Waals surface area contributed by atoms with E-state index in [1.54, 1.807) is 17.6 Å². The van der Waals surface area contributed by atoms with E-state index < -0.39 is 5.91 Å². The van der Waals surface area contributed by atoms with E-state index in [0.717, 1.165) is 10.8 Å². The number of Topliss-reactive ketones (excluding diaryl/α,β-unsaturated/α-hetero) is 1. The van der Waals surface area contributed by atoms with E-state index >= 15 is 0 Å². The third-order valence-corrected chi connectivity index (χ3v) is 2.78. The van der Waals surface area contributed by atoms with Gasteiger partial charge in [-0.3, -0.25) is 14.8 Å². The molecule has 4 nitrogen and oxygen atoms in total. The zero-order chi connectivity index (χ0) is 13.1. The second-order valence-electron chi connectivity index (χ2n) is 4.14. The quantitative estimate of drug-likeness (QED) is 0.640. The number of hydrogen-bond acceptors (Lipinski definition) is 3. The summed E-state index contributed by atoms with van der Waals surface area (Å²) < 4.78 is 0. The number of rotatable bonds is 3. The average molecular weight is 243 g/mol. The highest BCUT2D eigenvalue weighted by Gasteiger charge is 2.15. The molecule has 0 aromatic heterocycles. The maximum Gasteiger partial charge on any atom is 0.275 e. The molecule has 0 saturated heterocycles. The van der Waals surface area contributed by atoms with Crippen LogP contribution in [0.25, 0.3) is 10.8 Å². The van der Waals surface area contributed by atoms with Crippen molar-refractivity contribution < 1.29 is 14.8 Å². The highest BCUT2D eigenvalue weighted by Crippen LogP contribution is 2.23. The predicted molar refractivity (Wildman–Crippen MR) is 67.6 cm³/mol. The lowest BCUT2D eigenvalue weighted by Gasteiger charge is -2.10. The molecule has 92 valence electrons. The molecule has 0 aliphatic carbocycles. The Morgan fingerprint density at radius 1 is 1.17 bits per heavy atom. The smallest absolute Gasteiger partial charge is 0.275 e. The van der Waals surface area contributed by atoms with Gasteiger partial charge < -0.3 is 0 Å². The number of carbonyl (C=O) groups is 2. The van der Waals surface area contributed by atoms with Gasteiger partial charge in [0.25, 0.3) is 5.91 Å². The van der Waals surface area contributed by atoms with Gasteiger partial charge in [-0.15, -0.1) is 0 Å². The van der Waals surface area contributed by atoms with Crippen LogP contribution in [0.15, 0.2) is 36.4 Å². The van der Waals surface area contributed by atoms with Gasteiger partial charge in [0.05, 0.1) is 5.56 Å². The Kier molecular flexibility index (Phi) is 3.39. The third kappa shape index (κ3) is 2.24. The van der Waals surface area contributed by atoms with Gasteiger partial charge in [0.15, 0.2) is 0 Å². The monoisotopic (exact) mass is 243 g/mol. The Morgan fingerprint density at radius 2 is 1.89 bits per heavy atom. The maximum atomic E-state index is 11.8. The van der Waals surface area contributed by atoms with E-state index in [9.17, 15) is 9.59 Å². The largest absolute Gasteiger partial charge is 0.300 e. The summed E-state index contributed by atoms with van der Waals surface area (Å²) in [6.07, 6.45) is 0.174. The van der Waals surface area contributed by atoms with Crippen molar-refractivity contribution in [3.05, 3.63) is 47.5 Å². The van der Waals surface area contributed by atoms with Crippen molar-refractivity contribution in [2.75, 3.05) is 0 Å². The van der Waals surface area contributed by atoms with Gasteiger partial charge >= 0.3 is 0 Å². The Bertz CT molecular complexity index is 619. The van der Waals surface area contributed by atoms with Gasteiger partial charge in [-0.1, -0.05) is 36.4 Å².